The number of carbonyl (C=O) groups excluding carboxylic acids is 1. The zero-order valence-electron chi connectivity index (χ0n) is 17.5. The van der Waals surface area contributed by atoms with Crippen LogP contribution in [0.1, 0.15) is 54.7 Å². The predicted molar refractivity (Wildman–Crippen MR) is 114 cm³/mol. The van der Waals surface area contributed by atoms with Crippen LogP contribution in [0, 0.1) is 5.41 Å². The molecule has 0 bridgehead atoms. The third-order valence-corrected chi connectivity index (χ3v) is 7.27. The molecule has 2 heterocycles. The van der Waals surface area contributed by atoms with Crippen LogP contribution in [0.5, 0.6) is 0 Å². The highest BCUT2D eigenvalue weighted by Gasteiger charge is 2.48. The van der Waals surface area contributed by atoms with Gasteiger partial charge in [-0.25, -0.2) is 0 Å². The zero-order valence-corrected chi connectivity index (χ0v) is 17.5. The van der Waals surface area contributed by atoms with Crippen LogP contribution in [0.25, 0.3) is 0 Å². The molecule has 31 heavy (non-hydrogen) atoms. The van der Waals surface area contributed by atoms with Crippen molar-refractivity contribution in [2.24, 2.45) is 5.41 Å². The van der Waals surface area contributed by atoms with Gasteiger partial charge in [-0.3, -0.25) is 9.69 Å². The van der Waals surface area contributed by atoms with Gasteiger partial charge in [-0.15, -0.1) is 0 Å². The average Bonchev–Trinajstić information content (AvgIpc) is 3.56. The molecule has 5 rings (SSSR count). The number of amides is 1. The summed E-state index contributed by atoms with van der Waals surface area (Å²) in [6.07, 6.45) is 0.738. The predicted octanol–water partition coefficient (Wildman–Crippen LogP) is 5.60. The molecule has 3 aliphatic rings. The van der Waals surface area contributed by atoms with Gasteiger partial charge in [0.05, 0.1) is 11.0 Å². The molecule has 0 unspecified atom stereocenters. The summed E-state index contributed by atoms with van der Waals surface area (Å²) in [5.41, 5.74) is 2.35. The van der Waals surface area contributed by atoms with Gasteiger partial charge in [0.2, 0.25) is 5.91 Å². The first kappa shape index (κ1) is 20.6. The van der Waals surface area contributed by atoms with Gasteiger partial charge in [0.15, 0.2) is 0 Å². The molecular formula is C25H27F3N2O. The number of likely N-dealkylation sites (tertiary alicyclic amines) is 1. The lowest BCUT2D eigenvalue weighted by Crippen LogP contribution is -2.44. The average molecular weight is 428 g/mol. The van der Waals surface area contributed by atoms with E-state index in [9.17, 15) is 18.0 Å². The number of hydrogen-bond acceptors (Lipinski definition) is 2. The fourth-order valence-electron chi connectivity index (χ4n) is 5.07. The van der Waals surface area contributed by atoms with Gasteiger partial charge >= 0.3 is 6.18 Å². The van der Waals surface area contributed by atoms with Gasteiger partial charge < -0.3 is 4.90 Å². The van der Waals surface area contributed by atoms with E-state index in [0.29, 0.717) is 12.5 Å². The second-order valence-corrected chi connectivity index (χ2v) is 9.32. The van der Waals surface area contributed by atoms with Crippen molar-refractivity contribution in [2.45, 2.75) is 50.7 Å². The van der Waals surface area contributed by atoms with Crippen molar-refractivity contribution in [3.8, 4) is 0 Å². The van der Waals surface area contributed by atoms with Crippen molar-refractivity contribution in [1.82, 2.24) is 4.90 Å². The molecule has 3 nitrogen and oxygen atoms in total. The molecule has 1 spiro atoms. The normalized spacial score (nSPS) is 21.8. The molecule has 2 aromatic rings. The van der Waals surface area contributed by atoms with Crippen molar-refractivity contribution < 1.29 is 18.0 Å². The molecule has 0 aromatic heterocycles. The van der Waals surface area contributed by atoms with Gasteiger partial charge in [-0.2, -0.15) is 13.2 Å². The molecule has 164 valence electrons. The van der Waals surface area contributed by atoms with E-state index in [-0.39, 0.29) is 11.3 Å². The minimum absolute atomic E-state index is 0.237. The van der Waals surface area contributed by atoms with E-state index in [0.717, 1.165) is 62.3 Å². The summed E-state index contributed by atoms with van der Waals surface area (Å²) in [6, 6.07) is 13.9. The van der Waals surface area contributed by atoms with Crippen molar-refractivity contribution in [1.29, 1.82) is 0 Å². The first-order valence-electron chi connectivity index (χ1n) is 11.1. The lowest BCUT2D eigenvalue weighted by atomic mass is 9.77. The summed E-state index contributed by atoms with van der Waals surface area (Å²) in [6.45, 7) is 2.97. The third-order valence-electron chi connectivity index (χ3n) is 7.27. The lowest BCUT2D eigenvalue weighted by molar-refractivity contribution is -0.137. The van der Waals surface area contributed by atoms with Gasteiger partial charge in [0, 0.05) is 18.8 Å². The number of halogens is 3. The Morgan fingerprint density at radius 3 is 2.06 bits per heavy atom. The quantitative estimate of drug-likeness (QED) is 0.633. The van der Waals surface area contributed by atoms with Crippen LogP contribution in [-0.4, -0.2) is 30.4 Å². The molecule has 2 aliphatic heterocycles. The summed E-state index contributed by atoms with van der Waals surface area (Å²) in [4.78, 5) is 17.5. The van der Waals surface area contributed by atoms with Crippen molar-refractivity contribution in [3.63, 3.8) is 0 Å². The second kappa shape index (κ2) is 7.66. The number of anilines is 1. The summed E-state index contributed by atoms with van der Waals surface area (Å²) >= 11 is 0. The highest BCUT2D eigenvalue weighted by atomic mass is 19.4. The first-order valence-corrected chi connectivity index (χ1v) is 11.1. The second-order valence-electron chi connectivity index (χ2n) is 9.32. The number of rotatable bonds is 4. The smallest absolute Gasteiger partial charge is 0.312 e. The summed E-state index contributed by atoms with van der Waals surface area (Å²) < 4.78 is 38.2. The number of alkyl halides is 3. The number of piperidine rings is 1. The number of nitrogens with zero attached hydrogens (tertiary/aromatic N) is 2. The largest absolute Gasteiger partial charge is 0.416 e. The molecule has 1 amide bonds. The van der Waals surface area contributed by atoms with Gasteiger partial charge in [0.25, 0.3) is 0 Å². The monoisotopic (exact) mass is 428 g/mol. The highest BCUT2D eigenvalue weighted by molar-refractivity contribution is 6.00. The molecular weight excluding hydrogens is 401 g/mol. The number of hydrogen-bond donors (Lipinski definition) is 0. The Morgan fingerprint density at radius 2 is 1.48 bits per heavy atom. The Bertz CT molecular complexity index is 940. The minimum Gasteiger partial charge on any atom is -0.312 e. The van der Waals surface area contributed by atoms with E-state index in [1.165, 1.54) is 18.4 Å². The van der Waals surface area contributed by atoms with Crippen LogP contribution in [0.4, 0.5) is 18.9 Å². The maximum Gasteiger partial charge on any atom is 0.416 e. The van der Waals surface area contributed by atoms with Gasteiger partial charge in [-0.1, -0.05) is 24.3 Å². The van der Waals surface area contributed by atoms with E-state index in [1.54, 1.807) is 12.1 Å². The Kier molecular flexibility index (Phi) is 5.08. The molecule has 0 N–H and O–H groups in total. The van der Waals surface area contributed by atoms with Crippen molar-refractivity contribution in [2.75, 3.05) is 24.5 Å². The minimum atomic E-state index is -4.30. The maximum atomic E-state index is 13.3. The standard InChI is InChI=1S/C25H27F3N2O/c26-25(27,28)21-7-1-18(2-8-21)17-29-14-11-24(12-15-29)13-16-30(23(24)31)22-9-5-20(6-10-22)19-3-4-19/h1-2,5-10,19H,3-4,11-17H2. The summed E-state index contributed by atoms with van der Waals surface area (Å²) in [5, 5.41) is 0. The van der Waals surface area contributed by atoms with E-state index in [2.05, 4.69) is 29.2 Å². The SMILES string of the molecule is O=C1N(c2ccc(C3CC3)cc2)CCC12CCN(Cc1ccc(C(F)(F)F)cc1)CC2. The van der Waals surface area contributed by atoms with E-state index in [4.69, 9.17) is 0 Å². The Morgan fingerprint density at radius 1 is 0.871 bits per heavy atom. The van der Waals surface area contributed by atoms with Crippen molar-refractivity contribution in [3.05, 3.63) is 65.2 Å². The molecule has 3 fully saturated rings. The summed E-state index contributed by atoms with van der Waals surface area (Å²) in [7, 11) is 0. The fourth-order valence-corrected chi connectivity index (χ4v) is 5.07. The number of carbonyl (C=O) groups is 1. The van der Waals surface area contributed by atoms with Crippen molar-refractivity contribution >= 4 is 11.6 Å². The molecule has 0 atom stereocenters. The van der Waals surface area contributed by atoms with Crippen LogP contribution < -0.4 is 4.90 Å². The van der Waals surface area contributed by atoms with Gasteiger partial charge in [-0.05, 0) is 86.5 Å². The molecule has 6 heteroatoms. The van der Waals surface area contributed by atoms with E-state index < -0.39 is 11.7 Å². The molecule has 1 aliphatic carbocycles. The molecule has 2 saturated heterocycles. The van der Waals surface area contributed by atoms with Gasteiger partial charge in [0.1, 0.15) is 0 Å². The first-order chi connectivity index (χ1) is 14.8. The van der Waals surface area contributed by atoms with E-state index >= 15 is 0 Å². The van der Waals surface area contributed by atoms with Crippen LogP contribution in [0.3, 0.4) is 0 Å². The third kappa shape index (κ3) is 4.10. The lowest BCUT2D eigenvalue weighted by Gasteiger charge is -2.38. The maximum absolute atomic E-state index is 13.3. The van der Waals surface area contributed by atoms with Crippen LogP contribution >= 0.6 is 0 Å². The Balaban J connectivity index is 1.19. The fraction of sp³-hybridized carbons (Fsp3) is 0.480. The van der Waals surface area contributed by atoms with Crippen LogP contribution in [0.15, 0.2) is 48.5 Å². The Labute approximate surface area is 180 Å². The number of benzene rings is 2. The van der Waals surface area contributed by atoms with E-state index in [1.807, 2.05) is 4.90 Å². The topological polar surface area (TPSA) is 23.6 Å². The molecule has 0 radical (unpaired) electrons. The van der Waals surface area contributed by atoms with Crippen LogP contribution in [-0.2, 0) is 17.5 Å². The Hall–Kier alpha value is -2.34. The highest BCUT2D eigenvalue weighted by Crippen LogP contribution is 2.44. The summed E-state index contributed by atoms with van der Waals surface area (Å²) in [5.74, 6) is 0.949. The van der Waals surface area contributed by atoms with Crippen LogP contribution in [0.2, 0.25) is 0 Å². The molecule has 1 saturated carbocycles. The molecule has 2 aromatic carbocycles. The zero-order chi connectivity index (χ0) is 21.6.